The molecular weight excluding hydrogens is 357 g/mol. The third kappa shape index (κ3) is 2.92. The average Bonchev–Trinajstić information content (AvgIpc) is 3.06. The van der Waals surface area contributed by atoms with Gasteiger partial charge >= 0.3 is 0 Å². The van der Waals surface area contributed by atoms with Crippen LogP contribution in [0.15, 0.2) is 35.2 Å². The molecule has 2 heterocycles. The molecule has 7 heteroatoms. The summed E-state index contributed by atoms with van der Waals surface area (Å²) in [6, 6.07) is 7.86. The van der Waals surface area contributed by atoms with Crippen LogP contribution in [0, 0.1) is 5.41 Å². The van der Waals surface area contributed by atoms with Crippen molar-refractivity contribution in [3.63, 3.8) is 0 Å². The smallest absolute Gasteiger partial charge is 0.239 e. The van der Waals surface area contributed by atoms with Crippen LogP contribution in [0.5, 0.6) is 0 Å². The van der Waals surface area contributed by atoms with Gasteiger partial charge in [0.1, 0.15) is 7.85 Å². The number of likely N-dealkylation sites (N-methyl/N-ethyl adjacent to an activating group) is 1. The fourth-order valence-electron chi connectivity index (χ4n) is 4.32. The number of hydrogen-bond donors (Lipinski definition) is 3. The van der Waals surface area contributed by atoms with Crippen molar-refractivity contribution in [3.05, 3.63) is 46.4 Å². The highest BCUT2D eigenvalue weighted by atomic mass is 32.2. The Morgan fingerprint density at radius 3 is 2.52 bits per heavy atom. The molecule has 0 radical (unpaired) electrons. The maximum atomic E-state index is 13.2. The first-order chi connectivity index (χ1) is 12.7. The first-order valence-electron chi connectivity index (χ1n) is 9.57. The number of hydrogen-bond acceptors (Lipinski definition) is 4. The Morgan fingerprint density at radius 2 is 2.00 bits per heavy atom. The van der Waals surface area contributed by atoms with Crippen molar-refractivity contribution in [2.24, 2.45) is 0 Å². The number of thioether (sulfide) groups is 1. The molecule has 0 bridgehead atoms. The number of allylic oxidation sites excluding steroid dienone is 1. The van der Waals surface area contributed by atoms with Crippen molar-refractivity contribution in [1.82, 2.24) is 10.2 Å². The molecule has 142 valence electrons. The lowest BCUT2D eigenvalue weighted by Crippen LogP contribution is -2.64. The number of nitrogens with one attached hydrogen (secondary N) is 2. The van der Waals surface area contributed by atoms with E-state index in [1.807, 2.05) is 31.2 Å². The summed E-state index contributed by atoms with van der Waals surface area (Å²) in [6.45, 7) is 2.03. The third-order valence-electron chi connectivity index (χ3n) is 6.28. The molecule has 2 fully saturated rings. The van der Waals surface area contributed by atoms with Crippen LogP contribution in [-0.2, 0) is 10.4 Å². The van der Waals surface area contributed by atoms with Gasteiger partial charge in [-0.15, -0.1) is 11.8 Å². The van der Waals surface area contributed by atoms with Crippen molar-refractivity contribution in [2.75, 3.05) is 12.8 Å². The lowest BCUT2D eigenvalue weighted by molar-refractivity contribution is -0.130. The van der Waals surface area contributed by atoms with Gasteiger partial charge in [0.25, 0.3) is 0 Å². The Kier molecular flexibility index (Phi) is 4.43. The van der Waals surface area contributed by atoms with E-state index in [0.29, 0.717) is 5.82 Å². The normalized spacial score (nSPS) is 32.7. The molecule has 0 spiro atoms. The summed E-state index contributed by atoms with van der Waals surface area (Å²) in [6.07, 6.45) is 4.88. The lowest BCUT2D eigenvalue weighted by atomic mass is 9.73. The molecule has 5 nitrogen and oxygen atoms in total. The molecule has 1 saturated heterocycles. The molecular formula is C20H26BN3O2S. The Balaban J connectivity index is 1.73. The highest BCUT2D eigenvalue weighted by Crippen LogP contribution is 2.47. The summed E-state index contributed by atoms with van der Waals surface area (Å²) in [4.78, 5) is 15.7. The van der Waals surface area contributed by atoms with E-state index in [-0.39, 0.29) is 11.9 Å². The van der Waals surface area contributed by atoms with Crippen LogP contribution in [0.4, 0.5) is 0 Å². The zero-order valence-electron chi connectivity index (χ0n) is 16.1. The van der Waals surface area contributed by atoms with Crippen LogP contribution < -0.4 is 5.32 Å². The predicted molar refractivity (Wildman–Crippen MR) is 112 cm³/mol. The molecule has 2 aliphatic heterocycles. The lowest BCUT2D eigenvalue weighted by Gasteiger charge is -2.46. The first kappa shape index (κ1) is 18.6. The van der Waals surface area contributed by atoms with Crippen LogP contribution in [0.3, 0.4) is 0 Å². The van der Waals surface area contributed by atoms with E-state index in [2.05, 4.69) is 19.2 Å². The number of aliphatic hydroxyl groups is 1. The minimum atomic E-state index is -0.700. The van der Waals surface area contributed by atoms with Crippen molar-refractivity contribution >= 4 is 31.5 Å². The van der Waals surface area contributed by atoms with E-state index < -0.39 is 17.1 Å². The number of benzene rings is 1. The van der Waals surface area contributed by atoms with E-state index >= 15 is 0 Å². The molecule has 1 amide bonds. The van der Waals surface area contributed by atoms with Gasteiger partial charge in [-0.05, 0) is 48.9 Å². The number of carbonyl (C=O) groups is 1. The molecule has 3 atom stereocenters. The van der Waals surface area contributed by atoms with Crippen molar-refractivity contribution in [3.8, 4) is 0 Å². The molecule has 3 N–H and O–H groups in total. The molecule has 3 aliphatic rings. The number of amides is 1. The van der Waals surface area contributed by atoms with E-state index in [4.69, 9.17) is 5.41 Å². The fourth-order valence-corrected chi connectivity index (χ4v) is 5.65. The van der Waals surface area contributed by atoms with Gasteiger partial charge in [0.2, 0.25) is 5.91 Å². The van der Waals surface area contributed by atoms with Gasteiger partial charge in [-0.2, -0.15) is 0 Å². The van der Waals surface area contributed by atoms with Crippen molar-refractivity contribution < 1.29 is 9.90 Å². The highest BCUT2D eigenvalue weighted by molar-refractivity contribution is 8.03. The summed E-state index contributed by atoms with van der Waals surface area (Å²) >= 11 is 1.77. The minimum Gasteiger partial charge on any atom is -0.385 e. The van der Waals surface area contributed by atoms with Crippen LogP contribution in [0.25, 0.3) is 0 Å². The molecule has 1 unspecified atom stereocenters. The summed E-state index contributed by atoms with van der Waals surface area (Å²) < 4.78 is 0. The van der Waals surface area contributed by atoms with Crippen LogP contribution >= 0.6 is 11.8 Å². The largest absolute Gasteiger partial charge is 0.385 e. The van der Waals surface area contributed by atoms with E-state index in [1.54, 1.807) is 18.8 Å². The van der Waals surface area contributed by atoms with Gasteiger partial charge in [-0.3, -0.25) is 15.1 Å². The minimum absolute atomic E-state index is 0.0718. The number of rotatable bonds is 3. The standard InChI is InChI=1S/C20H26BN3O2S/c1-19(15-10-14(21)11-27-15)16(17(25)24(2)18(22)23-19)12-4-6-13(7-5-12)20(26)8-3-9-20/h4-7,10,14,16,26H,3,8-9,11,21H2,1-2H3,(H2,22,23)/t14?,16-,19-/m1/s1. The Hall–Kier alpha value is -1.73. The fraction of sp³-hybridized carbons (Fsp3) is 0.500. The maximum absolute atomic E-state index is 13.2. The zero-order chi connectivity index (χ0) is 19.4. The first-order valence-corrected chi connectivity index (χ1v) is 10.6. The molecule has 1 saturated carbocycles. The van der Waals surface area contributed by atoms with Gasteiger partial charge in [-0.1, -0.05) is 30.3 Å². The van der Waals surface area contributed by atoms with Crippen LogP contribution in [0.1, 0.15) is 43.2 Å². The molecule has 0 aromatic heterocycles. The molecule has 27 heavy (non-hydrogen) atoms. The zero-order valence-corrected chi connectivity index (χ0v) is 16.9. The monoisotopic (exact) mass is 383 g/mol. The SMILES string of the molecule is BC1C=C([C@@]2(C)NC(=N)N(C)C(=O)[C@H]2c2ccc(C3(O)CCC3)cc2)SC1. The van der Waals surface area contributed by atoms with E-state index in [0.717, 1.165) is 41.0 Å². The Morgan fingerprint density at radius 1 is 1.33 bits per heavy atom. The van der Waals surface area contributed by atoms with Crippen LogP contribution in [0.2, 0.25) is 5.82 Å². The van der Waals surface area contributed by atoms with Gasteiger partial charge in [-0.25, -0.2) is 0 Å². The summed E-state index contributed by atoms with van der Waals surface area (Å²) in [5, 5.41) is 22.1. The topological polar surface area (TPSA) is 76.4 Å². The van der Waals surface area contributed by atoms with E-state index in [1.165, 1.54) is 4.90 Å². The maximum Gasteiger partial charge on any atom is 0.239 e. The summed E-state index contributed by atoms with van der Waals surface area (Å²) in [7, 11) is 3.82. The molecule has 1 aromatic carbocycles. The Labute approximate surface area is 165 Å². The number of nitrogens with zero attached hydrogens (tertiary/aromatic N) is 1. The van der Waals surface area contributed by atoms with Gasteiger partial charge in [0, 0.05) is 12.0 Å². The second kappa shape index (κ2) is 6.42. The molecule has 1 aromatic rings. The van der Waals surface area contributed by atoms with Crippen molar-refractivity contribution in [2.45, 2.75) is 49.1 Å². The molecule has 1 aliphatic carbocycles. The number of guanidine groups is 1. The predicted octanol–water partition coefficient (Wildman–Crippen LogP) is 1.95. The summed E-state index contributed by atoms with van der Waals surface area (Å²) in [5.74, 6) is 1.12. The average molecular weight is 383 g/mol. The Bertz CT molecular complexity index is 821. The van der Waals surface area contributed by atoms with Gasteiger partial charge < -0.3 is 10.4 Å². The second-order valence-electron chi connectivity index (χ2n) is 8.33. The van der Waals surface area contributed by atoms with Gasteiger partial charge in [0.15, 0.2) is 5.96 Å². The molecule has 4 rings (SSSR count). The second-order valence-corrected chi connectivity index (χ2v) is 9.39. The summed E-state index contributed by atoms with van der Waals surface area (Å²) in [5.41, 5.74) is 0.515. The highest BCUT2D eigenvalue weighted by Gasteiger charge is 2.50. The number of carbonyl (C=O) groups excluding carboxylic acids is 1. The van der Waals surface area contributed by atoms with Crippen molar-refractivity contribution in [1.29, 1.82) is 5.41 Å². The van der Waals surface area contributed by atoms with Crippen LogP contribution in [-0.4, -0.2) is 48.1 Å². The van der Waals surface area contributed by atoms with E-state index in [9.17, 15) is 9.90 Å². The van der Waals surface area contributed by atoms with Gasteiger partial charge in [0.05, 0.1) is 17.1 Å². The third-order valence-corrected chi connectivity index (χ3v) is 7.84. The quantitative estimate of drug-likeness (QED) is 0.698.